The Hall–Kier alpha value is -1.47. The predicted octanol–water partition coefficient (Wildman–Crippen LogP) is 1.60. The molecule has 0 spiro atoms. The van der Waals surface area contributed by atoms with Crippen LogP contribution in [0.15, 0.2) is 6.07 Å². The number of aliphatic hydroxyl groups excluding tert-OH is 1. The van der Waals surface area contributed by atoms with Gasteiger partial charge in [0.25, 0.3) is 0 Å². The van der Waals surface area contributed by atoms with Crippen molar-refractivity contribution in [2.75, 3.05) is 37.5 Å². The van der Waals surface area contributed by atoms with Crippen molar-refractivity contribution >= 4 is 11.6 Å². The van der Waals surface area contributed by atoms with Gasteiger partial charge in [-0.2, -0.15) is 0 Å². The Morgan fingerprint density at radius 3 is 2.63 bits per heavy atom. The van der Waals surface area contributed by atoms with E-state index in [0.29, 0.717) is 6.54 Å². The van der Waals surface area contributed by atoms with E-state index in [4.69, 9.17) is 9.84 Å². The summed E-state index contributed by atoms with van der Waals surface area (Å²) in [6, 6.07) is 0.255. The van der Waals surface area contributed by atoms with Crippen LogP contribution in [0.2, 0.25) is 0 Å². The number of rotatable bonds is 8. The fourth-order valence-corrected chi connectivity index (χ4v) is 1.47. The number of pyridine rings is 1. The summed E-state index contributed by atoms with van der Waals surface area (Å²) < 4.78 is 31.9. The smallest absolute Gasteiger partial charge is 0.168 e. The van der Waals surface area contributed by atoms with Crippen molar-refractivity contribution in [2.45, 2.75) is 19.4 Å². The summed E-state index contributed by atoms with van der Waals surface area (Å²) in [6.45, 7) is 2.40. The van der Waals surface area contributed by atoms with Gasteiger partial charge in [-0.1, -0.05) is 6.92 Å². The van der Waals surface area contributed by atoms with Crippen LogP contribution in [0.4, 0.5) is 20.4 Å². The van der Waals surface area contributed by atoms with Gasteiger partial charge in [0, 0.05) is 19.7 Å². The van der Waals surface area contributed by atoms with Gasteiger partial charge < -0.3 is 20.5 Å². The number of nitrogens with zero attached hydrogens (tertiary/aromatic N) is 1. The minimum atomic E-state index is -0.811. The summed E-state index contributed by atoms with van der Waals surface area (Å²) in [5.41, 5.74) is 0. The first kappa shape index (κ1) is 15.6. The van der Waals surface area contributed by atoms with Crippen molar-refractivity contribution in [1.82, 2.24) is 4.98 Å². The van der Waals surface area contributed by atoms with Crippen LogP contribution in [-0.2, 0) is 4.74 Å². The molecule has 108 valence electrons. The molecule has 0 aliphatic rings. The number of ether oxygens (including phenoxy) is 1. The van der Waals surface area contributed by atoms with Crippen molar-refractivity contribution in [1.29, 1.82) is 0 Å². The SMILES string of the molecule is CCCNc1nc(NC(CO)COC)c(F)cc1F. The topological polar surface area (TPSA) is 66.4 Å². The molecule has 7 heteroatoms. The molecule has 1 unspecified atom stereocenters. The molecule has 19 heavy (non-hydrogen) atoms. The van der Waals surface area contributed by atoms with Gasteiger partial charge in [0.05, 0.1) is 19.3 Å². The molecule has 1 heterocycles. The standard InChI is InChI=1S/C12H19F2N3O2/c1-3-4-15-11-9(13)5-10(14)12(17-11)16-8(6-18)7-19-2/h5,8,18H,3-4,6-7H2,1-2H3,(H2,15,16,17). The van der Waals surface area contributed by atoms with E-state index in [1.54, 1.807) is 0 Å². The molecule has 1 aromatic heterocycles. The van der Waals surface area contributed by atoms with Crippen LogP contribution in [0, 0.1) is 11.6 Å². The highest BCUT2D eigenvalue weighted by Crippen LogP contribution is 2.19. The first-order valence-electron chi connectivity index (χ1n) is 6.08. The number of halogens is 2. The second kappa shape index (κ2) is 7.85. The molecule has 3 N–H and O–H groups in total. The van der Waals surface area contributed by atoms with E-state index in [1.807, 2.05) is 6.92 Å². The van der Waals surface area contributed by atoms with E-state index in [-0.39, 0.29) is 24.8 Å². The zero-order valence-corrected chi connectivity index (χ0v) is 11.0. The number of aromatic nitrogens is 1. The van der Waals surface area contributed by atoms with Crippen molar-refractivity contribution in [3.8, 4) is 0 Å². The Morgan fingerprint density at radius 1 is 1.37 bits per heavy atom. The normalized spacial score (nSPS) is 12.3. The first-order valence-corrected chi connectivity index (χ1v) is 6.08. The summed E-state index contributed by atoms with van der Waals surface area (Å²) in [6.07, 6.45) is 0.796. The fourth-order valence-electron chi connectivity index (χ4n) is 1.47. The largest absolute Gasteiger partial charge is 0.394 e. The van der Waals surface area contributed by atoms with Crippen molar-refractivity contribution < 1.29 is 18.6 Å². The van der Waals surface area contributed by atoms with Crippen molar-refractivity contribution in [3.63, 3.8) is 0 Å². The third-order valence-corrected chi connectivity index (χ3v) is 2.40. The molecule has 0 aliphatic heterocycles. The van der Waals surface area contributed by atoms with Gasteiger partial charge in [0.1, 0.15) is 0 Å². The number of methoxy groups -OCH3 is 1. The van der Waals surface area contributed by atoms with Crippen LogP contribution in [0.1, 0.15) is 13.3 Å². The molecule has 0 aromatic carbocycles. The Kier molecular flexibility index (Phi) is 6.44. The van der Waals surface area contributed by atoms with Gasteiger partial charge in [-0.3, -0.25) is 0 Å². The molecule has 0 radical (unpaired) electrons. The van der Waals surface area contributed by atoms with Gasteiger partial charge in [0.15, 0.2) is 23.3 Å². The summed E-state index contributed by atoms with van der Waals surface area (Å²) >= 11 is 0. The van der Waals surface area contributed by atoms with Crippen LogP contribution >= 0.6 is 0 Å². The quantitative estimate of drug-likeness (QED) is 0.672. The van der Waals surface area contributed by atoms with Gasteiger partial charge >= 0.3 is 0 Å². The summed E-state index contributed by atoms with van der Waals surface area (Å²) in [4.78, 5) is 3.84. The van der Waals surface area contributed by atoms with E-state index >= 15 is 0 Å². The molecule has 0 saturated carbocycles. The maximum absolute atomic E-state index is 13.6. The first-order chi connectivity index (χ1) is 9.12. The Morgan fingerprint density at radius 2 is 2.05 bits per heavy atom. The molecule has 1 atom stereocenters. The Labute approximate surface area is 111 Å². The average Bonchev–Trinajstić information content (AvgIpc) is 2.39. The van der Waals surface area contributed by atoms with Crippen LogP contribution in [0.25, 0.3) is 0 Å². The molecule has 0 aliphatic carbocycles. The zero-order valence-electron chi connectivity index (χ0n) is 11.0. The number of aliphatic hydroxyl groups is 1. The second-order valence-corrected chi connectivity index (χ2v) is 4.06. The lowest BCUT2D eigenvalue weighted by Gasteiger charge is -2.17. The van der Waals surface area contributed by atoms with E-state index < -0.39 is 17.7 Å². The maximum Gasteiger partial charge on any atom is 0.168 e. The zero-order chi connectivity index (χ0) is 14.3. The third kappa shape index (κ3) is 4.60. The van der Waals surface area contributed by atoms with Gasteiger partial charge in [-0.25, -0.2) is 13.8 Å². The van der Waals surface area contributed by atoms with Gasteiger partial charge in [0.2, 0.25) is 0 Å². The minimum absolute atomic E-state index is 0.0140. The number of hydrogen-bond acceptors (Lipinski definition) is 5. The van der Waals surface area contributed by atoms with Crippen LogP contribution in [-0.4, -0.2) is 43.0 Å². The molecule has 0 bridgehead atoms. The van der Waals surface area contributed by atoms with E-state index in [1.165, 1.54) is 7.11 Å². The molecule has 1 aromatic rings. The van der Waals surface area contributed by atoms with E-state index in [0.717, 1.165) is 12.5 Å². The van der Waals surface area contributed by atoms with Gasteiger partial charge in [-0.15, -0.1) is 0 Å². The lowest BCUT2D eigenvalue weighted by atomic mass is 10.3. The van der Waals surface area contributed by atoms with E-state index in [2.05, 4.69) is 15.6 Å². The summed E-state index contributed by atoms with van der Waals surface area (Å²) in [5.74, 6) is -1.69. The highest BCUT2D eigenvalue weighted by Gasteiger charge is 2.15. The highest BCUT2D eigenvalue weighted by atomic mass is 19.1. The molecule has 0 saturated heterocycles. The van der Waals surface area contributed by atoms with Gasteiger partial charge in [-0.05, 0) is 6.42 Å². The van der Waals surface area contributed by atoms with Crippen LogP contribution in [0.3, 0.4) is 0 Å². The Bertz CT molecular complexity index is 405. The molecular weight excluding hydrogens is 256 g/mol. The molecular formula is C12H19F2N3O2. The molecule has 1 rings (SSSR count). The lowest BCUT2D eigenvalue weighted by Crippen LogP contribution is -2.29. The maximum atomic E-state index is 13.6. The van der Waals surface area contributed by atoms with Crippen LogP contribution < -0.4 is 10.6 Å². The third-order valence-electron chi connectivity index (χ3n) is 2.40. The number of hydrogen-bond donors (Lipinski definition) is 3. The Balaban J connectivity index is 2.86. The number of nitrogens with one attached hydrogen (secondary N) is 2. The monoisotopic (exact) mass is 275 g/mol. The highest BCUT2D eigenvalue weighted by molar-refractivity contribution is 5.48. The average molecular weight is 275 g/mol. The summed E-state index contributed by atoms with van der Waals surface area (Å²) in [5, 5.41) is 14.5. The van der Waals surface area contributed by atoms with Crippen molar-refractivity contribution in [2.24, 2.45) is 0 Å². The second-order valence-electron chi connectivity index (χ2n) is 4.06. The predicted molar refractivity (Wildman–Crippen MR) is 69.3 cm³/mol. The molecule has 0 fully saturated rings. The lowest BCUT2D eigenvalue weighted by molar-refractivity contribution is 0.153. The number of anilines is 2. The summed E-state index contributed by atoms with van der Waals surface area (Å²) in [7, 11) is 1.47. The van der Waals surface area contributed by atoms with E-state index in [9.17, 15) is 8.78 Å². The fraction of sp³-hybridized carbons (Fsp3) is 0.583. The van der Waals surface area contributed by atoms with Crippen molar-refractivity contribution in [3.05, 3.63) is 17.7 Å². The molecule has 5 nitrogen and oxygen atoms in total. The van der Waals surface area contributed by atoms with Crippen LogP contribution in [0.5, 0.6) is 0 Å². The minimum Gasteiger partial charge on any atom is -0.394 e. The molecule has 0 amide bonds.